The Labute approximate surface area is 246 Å². The van der Waals surface area contributed by atoms with E-state index in [9.17, 15) is 19.4 Å². The summed E-state index contributed by atoms with van der Waals surface area (Å²) in [5.74, 6) is -0.207. The van der Waals surface area contributed by atoms with Crippen LogP contribution in [0.3, 0.4) is 0 Å². The average molecular weight is 570 g/mol. The number of carbonyl (C=O) groups is 1. The molecule has 6 nitrogen and oxygen atoms in total. The number of nitrogens with one attached hydrogen (secondary N) is 1. The SMILES string of the molecule is C[C@@H](NC(=O)[C@@]1(O)CCC2C3CCC4=Cc5c(cnn5-c5ccc(F)cc5)C[C@]4(C)C3C(O)C[C@@]21C)c1ccccc1. The highest BCUT2D eigenvalue weighted by molar-refractivity contribution is 5.87. The van der Waals surface area contributed by atoms with Crippen LogP contribution in [-0.4, -0.2) is 37.6 Å². The molecule has 3 aromatic rings. The minimum atomic E-state index is -1.53. The average Bonchev–Trinajstić information content (AvgIpc) is 3.49. The van der Waals surface area contributed by atoms with E-state index in [1.807, 2.05) is 55.1 Å². The van der Waals surface area contributed by atoms with Crippen LogP contribution >= 0.6 is 0 Å². The zero-order chi connectivity index (χ0) is 29.4. The second-order valence-electron chi connectivity index (χ2n) is 13.7. The summed E-state index contributed by atoms with van der Waals surface area (Å²) in [6.45, 7) is 6.27. The number of aliphatic hydroxyl groups is 2. The highest BCUT2D eigenvalue weighted by atomic mass is 19.1. The van der Waals surface area contributed by atoms with Crippen molar-refractivity contribution in [1.82, 2.24) is 15.1 Å². The summed E-state index contributed by atoms with van der Waals surface area (Å²) in [7, 11) is 0. The quantitative estimate of drug-likeness (QED) is 0.372. The standard InChI is InChI=1S/C35H40FN3O3/c1-21(22-7-5-4-6-8-22)38-32(41)35(42)16-15-28-27-14-9-24-17-29-23(20-37-39(29)26-12-10-25(36)11-13-26)18-33(24,2)31(27)30(40)19-34(28,35)3/h4-8,10-13,17,20-21,27-28,30-31,40,42H,9,14-16,18-19H2,1-3H3,(H,38,41)/t21-,27?,28?,30?,31?,33+,34+,35+/m1/s1. The van der Waals surface area contributed by atoms with Gasteiger partial charge in [-0.2, -0.15) is 5.10 Å². The van der Waals surface area contributed by atoms with Crippen molar-refractivity contribution in [3.63, 3.8) is 0 Å². The molecule has 3 N–H and O–H groups in total. The number of halogens is 1. The third kappa shape index (κ3) is 3.89. The lowest BCUT2D eigenvalue weighted by Crippen LogP contribution is -2.63. The van der Waals surface area contributed by atoms with E-state index in [0.717, 1.165) is 48.2 Å². The molecule has 7 heteroatoms. The lowest BCUT2D eigenvalue weighted by molar-refractivity contribution is -0.181. The van der Waals surface area contributed by atoms with Crippen LogP contribution in [-0.2, 0) is 11.2 Å². The Morgan fingerprint density at radius 2 is 1.86 bits per heavy atom. The fraction of sp³-hybridized carbons (Fsp3) is 0.486. The molecule has 42 heavy (non-hydrogen) atoms. The fourth-order valence-electron chi connectivity index (χ4n) is 9.49. The van der Waals surface area contributed by atoms with Gasteiger partial charge in [-0.25, -0.2) is 9.07 Å². The van der Waals surface area contributed by atoms with Crippen LogP contribution in [0.1, 0.15) is 75.7 Å². The van der Waals surface area contributed by atoms with Gasteiger partial charge >= 0.3 is 0 Å². The maximum atomic E-state index is 13.8. The Kier molecular flexibility index (Phi) is 6.30. The van der Waals surface area contributed by atoms with Gasteiger partial charge < -0.3 is 15.5 Å². The van der Waals surface area contributed by atoms with Crippen LogP contribution in [0.4, 0.5) is 4.39 Å². The highest BCUT2D eigenvalue weighted by Crippen LogP contribution is 2.67. The second kappa shape index (κ2) is 9.61. The van der Waals surface area contributed by atoms with Crippen LogP contribution in [0.5, 0.6) is 0 Å². The number of fused-ring (bicyclic) bond motifs is 6. The van der Waals surface area contributed by atoms with Crippen LogP contribution in [0.15, 0.2) is 66.4 Å². The summed E-state index contributed by atoms with van der Waals surface area (Å²) < 4.78 is 15.5. The van der Waals surface area contributed by atoms with E-state index in [4.69, 9.17) is 0 Å². The van der Waals surface area contributed by atoms with Crippen molar-refractivity contribution in [2.75, 3.05) is 0 Å². The molecular formula is C35H40FN3O3. The topological polar surface area (TPSA) is 87.4 Å². The van der Waals surface area contributed by atoms with Crippen molar-refractivity contribution in [1.29, 1.82) is 0 Å². The molecule has 1 aromatic heterocycles. The molecule has 0 saturated heterocycles. The first-order valence-electron chi connectivity index (χ1n) is 15.4. The molecule has 1 heterocycles. The Morgan fingerprint density at radius 3 is 2.60 bits per heavy atom. The van der Waals surface area contributed by atoms with Gasteiger partial charge in [-0.05, 0) is 110 Å². The van der Waals surface area contributed by atoms with Crippen LogP contribution in [0.25, 0.3) is 11.8 Å². The molecule has 4 aliphatic rings. The first-order valence-corrected chi connectivity index (χ1v) is 15.4. The van der Waals surface area contributed by atoms with Gasteiger partial charge in [0.25, 0.3) is 5.91 Å². The molecule has 4 aliphatic carbocycles. The minimum Gasteiger partial charge on any atom is -0.393 e. The zero-order valence-electron chi connectivity index (χ0n) is 24.6. The number of nitrogens with zero attached hydrogens (tertiary/aromatic N) is 2. The van der Waals surface area contributed by atoms with Gasteiger partial charge in [0.1, 0.15) is 11.4 Å². The summed E-state index contributed by atoms with van der Waals surface area (Å²) in [5.41, 5.74) is 2.83. The van der Waals surface area contributed by atoms with Gasteiger partial charge in [-0.15, -0.1) is 0 Å². The summed E-state index contributed by atoms with van der Waals surface area (Å²) in [6.07, 6.45) is 7.69. The van der Waals surface area contributed by atoms with E-state index in [-0.39, 0.29) is 40.9 Å². The van der Waals surface area contributed by atoms with Crippen molar-refractivity contribution in [2.45, 2.75) is 77.0 Å². The summed E-state index contributed by atoms with van der Waals surface area (Å²) in [4.78, 5) is 13.8. The lowest BCUT2D eigenvalue weighted by atomic mass is 9.45. The first kappa shape index (κ1) is 27.5. The van der Waals surface area contributed by atoms with E-state index in [1.54, 1.807) is 12.1 Å². The summed E-state index contributed by atoms with van der Waals surface area (Å²) in [5, 5.41) is 31.8. The van der Waals surface area contributed by atoms with Crippen LogP contribution in [0.2, 0.25) is 0 Å². The summed E-state index contributed by atoms with van der Waals surface area (Å²) >= 11 is 0. The van der Waals surface area contributed by atoms with E-state index in [0.29, 0.717) is 12.8 Å². The molecule has 0 aliphatic heterocycles. The number of hydrogen-bond donors (Lipinski definition) is 3. The molecule has 7 rings (SSSR count). The number of aliphatic hydroxyl groups excluding tert-OH is 1. The van der Waals surface area contributed by atoms with Crippen molar-refractivity contribution < 1.29 is 19.4 Å². The van der Waals surface area contributed by atoms with Crippen LogP contribution in [0, 0.1) is 34.4 Å². The largest absolute Gasteiger partial charge is 0.393 e. The number of benzene rings is 2. The minimum absolute atomic E-state index is 0.0338. The number of allylic oxidation sites excluding steroid dienone is 1. The third-order valence-corrected chi connectivity index (χ3v) is 11.7. The predicted molar refractivity (Wildman–Crippen MR) is 159 cm³/mol. The fourth-order valence-corrected chi connectivity index (χ4v) is 9.49. The van der Waals surface area contributed by atoms with Gasteiger partial charge in [0.15, 0.2) is 0 Å². The van der Waals surface area contributed by atoms with Crippen LogP contribution < -0.4 is 5.32 Å². The molecule has 3 fully saturated rings. The molecule has 8 atom stereocenters. The van der Waals surface area contributed by atoms with E-state index in [2.05, 4.69) is 23.4 Å². The maximum absolute atomic E-state index is 13.8. The predicted octanol–water partition coefficient (Wildman–Crippen LogP) is 5.77. The van der Waals surface area contributed by atoms with Gasteiger partial charge in [0, 0.05) is 5.41 Å². The zero-order valence-corrected chi connectivity index (χ0v) is 24.6. The molecular weight excluding hydrogens is 529 g/mol. The number of rotatable bonds is 4. The molecule has 0 radical (unpaired) electrons. The number of amides is 1. The number of aromatic nitrogens is 2. The second-order valence-corrected chi connectivity index (χ2v) is 13.7. The van der Waals surface area contributed by atoms with Gasteiger partial charge in [-0.1, -0.05) is 49.8 Å². The Morgan fingerprint density at radius 1 is 1.12 bits per heavy atom. The Bertz CT molecular complexity index is 1550. The van der Waals surface area contributed by atoms with Crippen molar-refractivity contribution in [3.8, 4) is 5.69 Å². The van der Waals surface area contributed by atoms with E-state index >= 15 is 0 Å². The van der Waals surface area contributed by atoms with Gasteiger partial charge in [0.2, 0.25) is 0 Å². The van der Waals surface area contributed by atoms with Crippen molar-refractivity contribution in [3.05, 3.63) is 89.0 Å². The van der Waals surface area contributed by atoms with E-state index in [1.165, 1.54) is 17.7 Å². The molecule has 2 aromatic carbocycles. The first-order chi connectivity index (χ1) is 20.0. The maximum Gasteiger partial charge on any atom is 0.253 e. The normalized spacial score (nSPS) is 35.7. The third-order valence-electron chi connectivity index (χ3n) is 11.7. The van der Waals surface area contributed by atoms with Crippen molar-refractivity contribution >= 4 is 12.0 Å². The molecule has 3 saturated carbocycles. The number of hydrogen-bond acceptors (Lipinski definition) is 4. The van der Waals surface area contributed by atoms with Crippen molar-refractivity contribution in [2.24, 2.45) is 28.6 Å². The molecule has 0 bridgehead atoms. The van der Waals surface area contributed by atoms with E-state index < -0.39 is 17.1 Å². The Hall–Kier alpha value is -3.29. The van der Waals surface area contributed by atoms with Gasteiger partial charge in [-0.3, -0.25) is 4.79 Å². The highest BCUT2D eigenvalue weighted by Gasteiger charge is 2.68. The monoisotopic (exact) mass is 569 g/mol. The molecule has 0 spiro atoms. The Balaban J connectivity index is 1.17. The summed E-state index contributed by atoms with van der Waals surface area (Å²) in [6, 6.07) is 16.0. The lowest BCUT2D eigenvalue weighted by Gasteiger charge is -2.60. The molecule has 220 valence electrons. The number of carbonyl (C=O) groups excluding carboxylic acids is 1. The van der Waals surface area contributed by atoms with Gasteiger partial charge in [0.05, 0.1) is 29.7 Å². The molecule has 1 amide bonds. The smallest absolute Gasteiger partial charge is 0.253 e. The molecule has 4 unspecified atom stereocenters.